The summed E-state index contributed by atoms with van der Waals surface area (Å²) >= 11 is 1.83. The van der Waals surface area contributed by atoms with Gasteiger partial charge in [0.15, 0.2) is 0 Å². The molecule has 0 saturated carbocycles. The van der Waals surface area contributed by atoms with Gasteiger partial charge in [-0.3, -0.25) is 9.69 Å². The van der Waals surface area contributed by atoms with Gasteiger partial charge in [-0.1, -0.05) is 42.5 Å². The van der Waals surface area contributed by atoms with E-state index in [-0.39, 0.29) is 12.5 Å². The SMILES string of the molecule is O=C(/C=C1\c2ccccc2CSc2ccccc21)N1CCN(CCO)CC1. The van der Waals surface area contributed by atoms with Crippen molar-refractivity contribution in [1.29, 1.82) is 0 Å². The molecule has 0 aliphatic carbocycles. The van der Waals surface area contributed by atoms with E-state index in [4.69, 9.17) is 5.11 Å². The summed E-state index contributed by atoms with van der Waals surface area (Å²) in [5.74, 6) is 0.989. The Morgan fingerprint density at radius 3 is 2.48 bits per heavy atom. The second kappa shape index (κ2) is 8.30. The van der Waals surface area contributed by atoms with Crippen LogP contribution in [0.15, 0.2) is 59.5 Å². The van der Waals surface area contributed by atoms with Gasteiger partial charge in [-0.05, 0) is 28.3 Å². The summed E-state index contributed by atoms with van der Waals surface area (Å²) in [5.41, 5.74) is 4.58. The van der Waals surface area contributed by atoms with E-state index in [0.717, 1.165) is 35.5 Å². The van der Waals surface area contributed by atoms with Gasteiger partial charge in [0.2, 0.25) is 5.91 Å². The Hall–Kier alpha value is -2.08. The number of carbonyl (C=O) groups excluding carboxylic acids is 1. The molecule has 1 amide bonds. The summed E-state index contributed by atoms with van der Waals surface area (Å²) < 4.78 is 0. The maximum Gasteiger partial charge on any atom is 0.247 e. The number of benzene rings is 2. The molecule has 2 heterocycles. The molecule has 27 heavy (non-hydrogen) atoms. The molecule has 0 unspecified atom stereocenters. The lowest BCUT2D eigenvalue weighted by molar-refractivity contribution is -0.127. The second-order valence-electron chi connectivity index (χ2n) is 6.89. The number of aliphatic hydroxyl groups is 1. The van der Waals surface area contributed by atoms with Crippen molar-refractivity contribution in [2.24, 2.45) is 0 Å². The highest BCUT2D eigenvalue weighted by molar-refractivity contribution is 7.98. The predicted molar refractivity (Wildman–Crippen MR) is 110 cm³/mol. The Bertz CT molecular complexity index is 807. The molecular weight excluding hydrogens is 356 g/mol. The maximum absolute atomic E-state index is 13.0. The molecule has 0 radical (unpaired) electrons. The third-order valence-corrected chi connectivity index (χ3v) is 6.36. The summed E-state index contributed by atoms with van der Waals surface area (Å²) in [6.07, 6.45) is 1.82. The van der Waals surface area contributed by atoms with E-state index in [1.807, 2.05) is 34.9 Å². The Kier molecular flexibility index (Phi) is 5.62. The minimum absolute atomic E-state index is 0.0742. The van der Waals surface area contributed by atoms with Gasteiger partial charge in [0.05, 0.1) is 6.61 Å². The molecule has 0 bridgehead atoms. The Morgan fingerprint density at radius 2 is 1.70 bits per heavy atom. The van der Waals surface area contributed by atoms with Crippen molar-refractivity contribution >= 4 is 23.2 Å². The van der Waals surface area contributed by atoms with Gasteiger partial charge in [-0.2, -0.15) is 0 Å². The maximum atomic E-state index is 13.0. The fraction of sp³-hybridized carbons (Fsp3) is 0.318. The van der Waals surface area contributed by atoms with E-state index >= 15 is 0 Å². The van der Waals surface area contributed by atoms with E-state index in [2.05, 4.69) is 41.3 Å². The lowest BCUT2D eigenvalue weighted by Crippen LogP contribution is -2.48. The predicted octanol–water partition coefficient (Wildman–Crippen LogP) is 2.86. The van der Waals surface area contributed by atoms with Gasteiger partial charge < -0.3 is 10.0 Å². The van der Waals surface area contributed by atoms with Gasteiger partial charge in [-0.25, -0.2) is 0 Å². The molecule has 0 aromatic heterocycles. The smallest absolute Gasteiger partial charge is 0.247 e. The Morgan fingerprint density at radius 1 is 1.00 bits per heavy atom. The zero-order chi connectivity index (χ0) is 18.6. The van der Waals surface area contributed by atoms with Crippen molar-refractivity contribution in [3.8, 4) is 0 Å². The minimum atomic E-state index is 0.0742. The highest BCUT2D eigenvalue weighted by Gasteiger charge is 2.23. The van der Waals surface area contributed by atoms with Crippen LogP contribution in [0.3, 0.4) is 0 Å². The Balaban J connectivity index is 1.65. The summed E-state index contributed by atoms with van der Waals surface area (Å²) in [5, 5.41) is 9.09. The molecular formula is C22H24N2O2S. The topological polar surface area (TPSA) is 43.8 Å². The molecule has 0 spiro atoms. The molecule has 1 saturated heterocycles. The van der Waals surface area contributed by atoms with E-state index in [0.29, 0.717) is 19.6 Å². The largest absolute Gasteiger partial charge is 0.395 e. The molecule has 2 aliphatic heterocycles. The first kappa shape index (κ1) is 18.3. The molecule has 2 aliphatic rings. The number of carbonyl (C=O) groups is 1. The molecule has 1 fully saturated rings. The minimum Gasteiger partial charge on any atom is -0.395 e. The molecule has 4 rings (SSSR count). The van der Waals surface area contributed by atoms with Crippen LogP contribution in [0.4, 0.5) is 0 Å². The third-order valence-electron chi connectivity index (χ3n) is 5.24. The van der Waals surface area contributed by atoms with Gasteiger partial charge in [-0.15, -0.1) is 11.8 Å². The number of aliphatic hydroxyl groups excluding tert-OH is 1. The highest BCUT2D eigenvalue weighted by atomic mass is 32.2. The third kappa shape index (κ3) is 3.95. The number of β-amino-alcohol motifs (C(OH)–C–C–N with tert-alkyl or cyclic N) is 1. The van der Waals surface area contributed by atoms with Gasteiger partial charge in [0.25, 0.3) is 0 Å². The summed E-state index contributed by atoms with van der Waals surface area (Å²) in [7, 11) is 0. The number of rotatable bonds is 3. The zero-order valence-electron chi connectivity index (χ0n) is 15.3. The van der Waals surface area contributed by atoms with Crippen LogP contribution in [0.2, 0.25) is 0 Å². The molecule has 5 heteroatoms. The van der Waals surface area contributed by atoms with E-state index < -0.39 is 0 Å². The summed E-state index contributed by atoms with van der Waals surface area (Å²) in [6.45, 7) is 3.91. The standard InChI is InChI=1S/C22H24N2O2S/c25-14-13-23-9-11-24(12-10-23)22(26)15-20-18-6-2-1-5-17(18)16-27-21-8-4-3-7-19(20)21/h1-8,15,25H,9-14,16H2/b20-15+. The number of piperazine rings is 1. The fourth-order valence-electron chi connectivity index (χ4n) is 3.73. The number of fused-ring (bicyclic) bond motifs is 2. The number of amides is 1. The second-order valence-corrected chi connectivity index (χ2v) is 7.91. The zero-order valence-corrected chi connectivity index (χ0v) is 16.1. The lowest BCUT2D eigenvalue weighted by Gasteiger charge is -2.34. The molecule has 140 valence electrons. The first-order chi connectivity index (χ1) is 13.3. The van der Waals surface area contributed by atoms with Crippen LogP contribution in [-0.2, 0) is 10.5 Å². The number of hydrogen-bond acceptors (Lipinski definition) is 4. The molecule has 2 aromatic rings. The monoisotopic (exact) mass is 380 g/mol. The van der Waals surface area contributed by atoms with Crippen LogP contribution in [0.25, 0.3) is 5.57 Å². The number of thioether (sulfide) groups is 1. The van der Waals surface area contributed by atoms with Crippen LogP contribution in [0, 0.1) is 0 Å². The van der Waals surface area contributed by atoms with Crippen molar-refractivity contribution in [3.05, 3.63) is 71.3 Å². The number of nitrogens with zero attached hydrogens (tertiary/aromatic N) is 2. The normalized spacial score (nSPS) is 18.7. The first-order valence-corrected chi connectivity index (χ1v) is 10.4. The van der Waals surface area contributed by atoms with Crippen LogP contribution in [-0.4, -0.2) is 60.1 Å². The molecule has 4 nitrogen and oxygen atoms in total. The Labute approximate surface area is 164 Å². The molecule has 1 N–H and O–H groups in total. The van der Waals surface area contributed by atoms with Crippen LogP contribution in [0.1, 0.15) is 16.7 Å². The van der Waals surface area contributed by atoms with E-state index in [1.165, 1.54) is 10.5 Å². The van der Waals surface area contributed by atoms with Crippen LogP contribution < -0.4 is 0 Å². The van der Waals surface area contributed by atoms with Crippen LogP contribution >= 0.6 is 11.8 Å². The van der Waals surface area contributed by atoms with Gasteiger partial charge in [0, 0.05) is 49.4 Å². The fourth-order valence-corrected chi connectivity index (χ4v) is 4.80. The van der Waals surface area contributed by atoms with Crippen molar-refractivity contribution in [3.63, 3.8) is 0 Å². The summed E-state index contributed by atoms with van der Waals surface area (Å²) in [6, 6.07) is 16.7. The molecule has 2 aromatic carbocycles. The average Bonchev–Trinajstić information content (AvgIpc) is 2.86. The van der Waals surface area contributed by atoms with E-state index in [9.17, 15) is 4.79 Å². The molecule has 0 atom stereocenters. The van der Waals surface area contributed by atoms with Crippen molar-refractivity contribution in [1.82, 2.24) is 9.80 Å². The summed E-state index contributed by atoms with van der Waals surface area (Å²) in [4.78, 5) is 18.4. The first-order valence-electron chi connectivity index (χ1n) is 9.40. The number of hydrogen-bond donors (Lipinski definition) is 1. The quantitative estimate of drug-likeness (QED) is 0.832. The van der Waals surface area contributed by atoms with Crippen molar-refractivity contribution < 1.29 is 9.90 Å². The van der Waals surface area contributed by atoms with Crippen LogP contribution in [0.5, 0.6) is 0 Å². The van der Waals surface area contributed by atoms with Gasteiger partial charge >= 0.3 is 0 Å². The highest BCUT2D eigenvalue weighted by Crippen LogP contribution is 2.39. The van der Waals surface area contributed by atoms with Crippen molar-refractivity contribution in [2.75, 3.05) is 39.3 Å². The van der Waals surface area contributed by atoms with Crippen molar-refractivity contribution in [2.45, 2.75) is 10.6 Å². The average molecular weight is 381 g/mol. The van der Waals surface area contributed by atoms with Gasteiger partial charge in [0.1, 0.15) is 0 Å². The lowest BCUT2D eigenvalue weighted by atomic mass is 9.94. The van der Waals surface area contributed by atoms with E-state index in [1.54, 1.807) is 0 Å².